The predicted molar refractivity (Wildman–Crippen MR) is 86.9 cm³/mol. The first-order chi connectivity index (χ1) is 9.65. The highest BCUT2D eigenvalue weighted by Gasteiger charge is 2.16. The highest BCUT2D eigenvalue weighted by atomic mass is 79.9. The zero-order chi connectivity index (χ0) is 14.5. The van der Waals surface area contributed by atoms with Gasteiger partial charge in [-0.2, -0.15) is 0 Å². The van der Waals surface area contributed by atoms with Crippen LogP contribution >= 0.6 is 15.9 Å². The summed E-state index contributed by atoms with van der Waals surface area (Å²) in [5.41, 5.74) is 2.65. The molecule has 1 aromatic heterocycles. The molecule has 1 N–H and O–H groups in total. The van der Waals surface area contributed by atoms with Crippen LogP contribution in [-0.2, 0) is 13.0 Å². The first kappa shape index (κ1) is 15.3. The fraction of sp³-hybridized carbons (Fsp3) is 0.438. The number of nitrogens with one attached hydrogen (secondary N) is 1. The Morgan fingerprint density at radius 1 is 1.35 bits per heavy atom. The summed E-state index contributed by atoms with van der Waals surface area (Å²) in [7, 11) is 0. The molecule has 20 heavy (non-hydrogen) atoms. The molecule has 1 atom stereocenters. The molecule has 3 nitrogen and oxygen atoms in total. The second-order valence-corrected chi connectivity index (χ2v) is 5.86. The van der Waals surface area contributed by atoms with E-state index in [0.29, 0.717) is 6.04 Å². The first-order valence-electron chi connectivity index (χ1n) is 7.15. The number of aryl methyl sites for hydroxylation is 2. The van der Waals surface area contributed by atoms with Crippen molar-refractivity contribution in [2.75, 3.05) is 6.54 Å². The third-order valence-electron chi connectivity index (χ3n) is 3.59. The number of halogens is 1. The van der Waals surface area contributed by atoms with E-state index in [1.165, 1.54) is 11.1 Å². The first-order valence-corrected chi connectivity index (χ1v) is 7.94. The Hall–Kier alpha value is -1.13. The summed E-state index contributed by atoms with van der Waals surface area (Å²) in [6.45, 7) is 8.38. The topological polar surface area (TPSA) is 29.9 Å². The summed E-state index contributed by atoms with van der Waals surface area (Å²) >= 11 is 3.53. The number of imidazole rings is 1. The van der Waals surface area contributed by atoms with Crippen molar-refractivity contribution >= 4 is 15.9 Å². The Balaban J connectivity index is 2.27. The highest BCUT2D eigenvalue weighted by Crippen LogP contribution is 2.24. The van der Waals surface area contributed by atoms with Gasteiger partial charge < -0.3 is 9.88 Å². The molecule has 0 radical (unpaired) electrons. The monoisotopic (exact) mass is 335 g/mol. The molecule has 0 spiro atoms. The van der Waals surface area contributed by atoms with Crippen LogP contribution in [-0.4, -0.2) is 16.1 Å². The van der Waals surface area contributed by atoms with Crippen molar-refractivity contribution in [2.45, 2.75) is 39.8 Å². The summed E-state index contributed by atoms with van der Waals surface area (Å²) in [4.78, 5) is 4.50. The van der Waals surface area contributed by atoms with Crippen LogP contribution in [0.3, 0.4) is 0 Å². The van der Waals surface area contributed by atoms with Gasteiger partial charge in [-0.1, -0.05) is 28.9 Å². The SMILES string of the molecule is CCNC(Cc1nccn1CC)c1ccc(Br)cc1C. The fourth-order valence-corrected chi connectivity index (χ4v) is 3.04. The third kappa shape index (κ3) is 3.49. The van der Waals surface area contributed by atoms with E-state index >= 15 is 0 Å². The molecule has 0 aliphatic heterocycles. The Morgan fingerprint density at radius 3 is 2.80 bits per heavy atom. The molecule has 1 heterocycles. The minimum atomic E-state index is 0.306. The number of aromatic nitrogens is 2. The van der Waals surface area contributed by atoms with E-state index in [1.807, 2.05) is 12.4 Å². The average Bonchev–Trinajstić information content (AvgIpc) is 2.85. The maximum Gasteiger partial charge on any atom is 0.110 e. The summed E-state index contributed by atoms with van der Waals surface area (Å²) in [6, 6.07) is 6.79. The van der Waals surface area contributed by atoms with Crippen LogP contribution in [0.15, 0.2) is 35.1 Å². The Bertz CT molecular complexity index is 563. The van der Waals surface area contributed by atoms with E-state index in [0.717, 1.165) is 29.8 Å². The lowest BCUT2D eigenvalue weighted by atomic mass is 9.98. The maximum absolute atomic E-state index is 4.50. The van der Waals surface area contributed by atoms with E-state index in [2.05, 4.69) is 69.8 Å². The quantitative estimate of drug-likeness (QED) is 0.868. The van der Waals surface area contributed by atoms with E-state index in [4.69, 9.17) is 0 Å². The van der Waals surface area contributed by atoms with Gasteiger partial charge in [-0.3, -0.25) is 0 Å². The molecule has 4 heteroatoms. The van der Waals surface area contributed by atoms with Gasteiger partial charge in [-0.05, 0) is 43.7 Å². The lowest BCUT2D eigenvalue weighted by molar-refractivity contribution is 0.520. The van der Waals surface area contributed by atoms with Crippen LogP contribution in [0.4, 0.5) is 0 Å². The van der Waals surface area contributed by atoms with Crippen LogP contribution in [0.2, 0.25) is 0 Å². The van der Waals surface area contributed by atoms with Crippen molar-refractivity contribution in [3.63, 3.8) is 0 Å². The Labute approximate surface area is 129 Å². The maximum atomic E-state index is 4.50. The van der Waals surface area contributed by atoms with Crippen molar-refractivity contribution in [1.29, 1.82) is 0 Å². The van der Waals surface area contributed by atoms with Gasteiger partial charge in [0.05, 0.1) is 0 Å². The van der Waals surface area contributed by atoms with E-state index in [-0.39, 0.29) is 0 Å². The summed E-state index contributed by atoms with van der Waals surface area (Å²) in [6.07, 6.45) is 4.85. The van der Waals surface area contributed by atoms with Gasteiger partial charge in [0, 0.05) is 35.9 Å². The highest BCUT2D eigenvalue weighted by molar-refractivity contribution is 9.10. The van der Waals surface area contributed by atoms with E-state index in [9.17, 15) is 0 Å². The van der Waals surface area contributed by atoms with Gasteiger partial charge in [0.1, 0.15) is 5.82 Å². The zero-order valence-electron chi connectivity index (χ0n) is 12.4. The lowest BCUT2D eigenvalue weighted by Crippen LogP contribution is -2.25. The molecule has 1 aromatic carbocycles. The van der Waals surface area contributed by atoms with Gasteiger partial charge in [-0.15, -0.1) is 0 Å². The molecule has 0 saturated carbocycles. The third-order valence-corrected chi connectivity index (χ3v) is 4.08. The zero-order valence-corrected chi connectivity index (χ0v) is 13.9. The van der Waals surface area contributed by atoms with Crippen molar-refractivity contribution in [2.24, 2.45) is 0 Å². The van der Waals surface area contributed by atoms with E-state index in [1.54, 1.807) is 0 Å². The van der Waals surface area contributed by atoms with E-state index < -0.39 is 0 Å². The Kier molecular flexibility index (Phi) is 5.38. The number of hydrogen-bond acceptors (Lipinski definition) is 2. The molecular formula is C16H22BrN3. The number of hydrogen-bond donors (Lipinski definition) is 1. The van der Waals surface area contributed by atoms with Crippen molar-refractivity contribution < 1.29 is 0 Å². The number of benzene rings is 1. The van der Waals surface area contributed by atoms with Gasteiger partial charge in [0.25, 0.3) is 0 Å². The molecule has 0 aliphatic rings. The molecule has 2 rings (SSSR count). The van der Waals surface area contributed by atoms with Gasteiger partial charge in [-0.25, -0.2) is 4.98 Å². The Morgan fingerprint density at radius 2 is 2.15 bits per heavy atom. The second kappa shape index (κ2) is 7.04. The van der Waals surface area contributed by atoms with Crippen LogP contribution in [0.1, 0.15) is 36.8 Å². The van der Waals surface area contributed by atoms with Gasteiger partial charge in [0.15, 0.2) is 0 Å². The molecule has 108 valence electrons. The summed E-state index contributed by atoms with van der Waals surface area (Å²) < 4.78 is 3.34. The number of rotatable bonds is 6. The number of nitrogens with zero attached hydrogens (tertiary/aromatic N) is 2. The standard InChI is InChI=1S/C16H22BrN3/c1-4-18-15(11-16-19-8-9-20(16)5-2)14-7-6-13(17)10-12(14)3/h6-10,15,18H,4-5,11H2,1-3H3. The van der Waals surface area contributed by atoms with Gasteiger partial charge in [0.2, 0.25) is 0 Å². The normalized spacial score (nSPS) is 12.6. The molecule has 0 saturated heterocycles. The molecule has 0 amide bonds. The second-order valence-electron chi connectivity index (χ2n) is 4.94. The van der Waals surface area contributed by atoms with Crippen LogP contribution < -0.4 is 5.32 Å². The fourth-order valence-electron chi connectivity index (χ4n) is 2.57. The summed E-state index contributed by atoms with van der Waals surface area (Å²) in [5, 5.41) is 3.58. The van der Waals surface area contributed by atoms with Crippen LogP contribution in [0.5, 0.6) is 0 Å². The van der Waals surface area contributed by atoms with Crippen molar-refractivity contribution in [3.05, 3.63) is 52.0 Å². The molecule has 0 bridgehead atoms. The average molecular weight is 336 g/mol. The number of likely N-dealkylation sites (N-methyl/N-ethyl adjacent to an activating group) is 1. The van der Waals surface area contributed by atoms with Crippen LogP contribution in [0.25, 0.3) is 0 Å². The minimum absolute atomic E-state index is 0.306. The van der Waals surface area contributed by atoms with Crippen LogP contribution in [0, 0.1) is 6.92 Å². The largest absolute Gasteiger partial charge is 0.335 e. The smallest absolute Gasteiger partial charge is 0.110 e. The molecule has 2 aromatic rings. The van der Waals surface area contributed by atoms with Crippen molar-refractivity contribution in [3.8, 4) is 0 Å². The van der Waals surface area contributed by atoms with Gasteiger partial charge >= 0.3 is 0 Å². The lowest BCUT2D eigenvalue weighted by Gasteiger charge is -2.21. The molecule has 0 fully saturated rings. The van der Waals surface area contributed by atoms with Crippen molar-refractivity contribution in [1.82, 2.24) is 14.9 Å². The minimum Gasteiger partial charge on any atom is -0.335 e. The molecule has 0 aliphatic carbocycles. The predicted octanol–water partition coefficient (Wildman–Crippen LogP) is 3.87. The molecular weight excluding hydrogens is 314 g/mol. The summed E-state index contributed by atoms with van der Waals surface area (Å²) in [5.74, 6) is 1.14. The molecule has 1 unspecified atom stereocenters.